The van der Waals surface area contributed by atoms with Crippen LogP contribution in [0.25, 0.3) is 0 Å². The molecule has 74 valence electrons. The lowest BCUT2D eigenvalue weighted by atomic mass is 10.2. The van der Waals surface area contributed by atoms with E-state index in [0.29, 0.717) is 19.3 Å². The van der Waals surface area contributed by atoms with Crippen LogP contribution in [0.3, 0.4) is 0 Å². The van der Waals surface area contributed by atoms with E-state index in [1.165, 1.54) is 0 Å². The monoisotopic (exact) mass is 204 g/mol. The molecule has 0 amide bonds. The standard InChI is InChI=1S/C9H13ClO3/c10-7-8(11)5-3-1-2-4-6-9(12)13/h8,11H,2,4-7H2,(H,12,13). The van der Waals surface area contributed by atoms with Crippen molar-refractivity contribution in [3.05, 3.63) is 0 Å². The van der Waals surface area contributed by atoms with Crippen molar-refractivity contribution in [1.82, 2.24) is 0 Å². The summed E-state index contributed by atoms with van der Waals surface area (Å²) in [4.78, 5) is 10.1. The van der Waals surface area contributed by atoms with Crippen molar-refractivity contribution in [2.45, 2.75) is 31.8 Å². The van der Waals surface area contributed by atoms with Crippen molar-refractivity contribution in [3.63, 3.8) is 0 Å². The van der Waals surface area contributed by atoms with E-state index in [0.717, 1.165) is 0 Å². The van der Waals surface area contributed by atoms with Crippen molar-refractivity contribution < 1.29 is 15.0 Å². The minimum Gasteiger partial charge on any atom is -0.481 e. The molecular formula is C9H13ClO3. The van der Waals surface area contributed by atoms with Gasteiger partial charge in [-0.05, 0) is 6.42 Å². The number of alkyl halides is 1. The van der Waals surface area contributed by atoms with Crippen LogP contribution in [0.4, 0.5) is 0 Å². The van der Waals surface area contributed by atoms with Gasteiger partial charge in [0.05, 0.1) is 6.10 Å². The zero-order valence-corrected chi connectivity index (χ0v) is 8.05. The van der Waals surface area contributed by atoms with E-state index in [9.17, 15) is 4.79 Å². The third kappa shape index (κ3) is 9.19. The highest BCUT2D eigenvalue weighted by molar-refractivity contribution is 6.18. The van der Waals surface area contributed by atoms with Gasteiger partial charge in [-0.3, -0.25) is 4.79 Å². The number of aliphatic hydroxyl groups is 1. The lowest BCUT2D eigenvalue weighted by Gasteiger charge is -1.97. The van der Waals surface area contributed by atoms with Crippen LogP contribution in [0.1, 0.15) is 25.7 Å². The molecule has 0 aliphatic carbocycles. The van der Waals surface area contributed by atoms with Gasteiger partial charge in [0.1, 0.15) is 0 Å². The van der Waals surface area contributed by atoms with Gasteiger partial charge in [0.25, 0.3) is 0 Å². The molecule has 2 N–H and O–H groups in total. The van der Waals surface area contributed by atoms with E-state index in [4.69, 9.17) is 21.8 Å². The van der Waals surface area contributed by atoms with E-state index in [-0.39, 0.29) is 12.3 Å². The van der Waals surface area contributed by atoms with E-state index in [2.05, 4.69) is 11.8 Å². The Hall–Kier alpha value is -0.720. The Morgan fingerprint density at radius 2 is 2.15 bits per heavy atom. The van der Waals surface area contributed by atoms with Crippen LogP contribution in [0.2, 0.25) is 0 Å². The first-order valence-electron chi connectivity index (χ1n) is 4.08. The molecule has 0 aliphatic rings. The molecule has 3 nitrogen and oxygen atoms in total. The molecule has 0 bridgehead atoms. The lowest BCUT2D eigenvalue weighted by molar-refractivity contribution is -0.137. The van der Waals surface area contributed by atoms with Crippen LogP contribution in [-0.2, 0) is 4.79 Å². The van der Waals surface area contributed by atoms with Crippen LogP contribution in [-0.4, -0.2) is 28.2 Å². The van der Waals surface area contributed by atoms with Crippen molar-refractivity contribution in [2.24, 2.45) is 0 Å². The number of carboxylic acid groups (broad SMARTS) is 1. The molecule has 0 aromatic carbocycles. The van der Waals surface area contributed by atoms with Crippen LogP contribution in [0, 0.1) is 11.8 Å². The summed E-state index contributed by atoms with van der Waals surface area (Å²) in [6.07, 6.45) is 1.04. The number of hydrogen-bond acceptors (Lipinski definition) is 2. The first-order chi connectivity index (χ1) is 6.16. The molecular weight excluding hydrogens is 192 g/mol. The highest BCUT2D eigenvalue weighted by atomic mass is 35.5. The van der Waals surface area contributed by atoms with Crippen molar-refractivity contribution in [3.8, 4) is 11.8 Å². The molecule has 0 aliphatic heterocycles. The van der Waals surface area contributed by atoms with Gasteiger partial charge < -0.3 is 10.2 Å². The average Bonchev–Trinajstić information content (AvgIpc) is 2.10. The maximum atomic E-state index is 10.1. The van der Waals surface area contributed by atoms with Gasteiger partial charge in [0.2, 0.25) is 0 Å². The van der Waals surface area contributed by atoms with Gasteiger partial charge in [-0.15, -0.1) is 23.4 Å². The van der Waals surface area contributed by atoms with E-state index in [1.807, 2.05) is 0 Å². The maximum Gasteiger partial charge on any atom is 0.303 e. The maximum absolute atomic E-state index is 10.1. The van der Waals surface area contributed by atoms with E-state index in [1.54, 1.807) is 0 Å². The second kappa shape index (κ2) is 7.90. The second-order valence-electron chi connectivity index (χ2n) is 2.61. The number of carboxylic acids is 1. The fraction of sp³-hybridized carbons (Fsp3) is 0.667. The highest BCUT2D eigenvalue weighted by Crippen LogP contribution is 1.95. The van der Waals surface area contributed by atoms with Gasteiger partial charge in [0.15, 0.2) is 0 Å². The zero-order chi connectivity index (χ0) is 10.1. The molecule has 1 atom stereocenters. The molecule has 4 heteroatoms. The number of rotatable bonds is 5. The van der Waals surface area contributed by atoms with Gasteiger partial charge in [-0.1, -0.05) is 0 Å². The topological polar surface area (TPSA) is 57.5 Å². The van der Waals surface area contributed by atoms with Gasteiger partial charge in [0, 0.05) is 25.1 Å². The Bertz CT molecular complexity index is 205. The summed E-state index contributed by atoms with van der Waals surface area (Å²) < 4.78 is 0. The van der Waals surface area contributed by atoms with Gasteiger partial charge in [-0.2, -0.15) is 0 Å². The molecule has 0 rings (SSSR count). The summed E-state index contributed by atoms with van der Waals surface area (Å²) in [6.45, 7) is 0. The molecule has 0 spiro atoms. The highest BCUT2D eigenvalue weighted by Gasteiger charge is 1.97. The number of aliphatic carboxylic acids is 1. The zero-order valence-electron chi connectivity index (χ0n) is 7.29. The Balaban J connectivity index is 3.35. The molecule has 0 aromatic heterocycles. The minimum absolute atomic E-state index is 0.146. The molecule has 0 heterocycles. The molecule has 0 fully saturated rings. The smallest absolute Gasteiger partial charge is 0.303 e. The Kier molecular flexibility index (Phi) is 7.47. The van der Waals surface area contributed by atoms with E-state index >= 15 is 0 Å². The molecule has 1 unspecified atom stereocenters. The van der Waals surface area contributed by atoms with E-state index < -0.39 is 12.1 Å². The van der Waals surface area contributed by atoms with Crippen LogP contribution < -0.4 is 0 Å². The SMILES string of the molecule is O=C(O)CCCC#CCC(O)CCl. The van der Waals surface area contributed by atoms with Gasteiger partial charge in [-0.25, -0.2) is 0 Å². The fourth-order valence-electron chi connectivity index (χ4n) is 0.661. The Morgan fingerprint density at radius 1 is 1.46 bits per heavy atom. The van der Waals surface area contributed by atoms with Gasteiger partial charge >= 0.3 is 5.97 Å². The van der Waals surface area contributed by atoms with Crippen LogP contribution in [0.15, 0.2) is 0 Å². The summed E-state index contributed by atoms with van der Waals surface area (Å²) in [7, 11) is 0. The third-order valence-corrected chi connectivity index (χ3v) is 1.69. The summed E-state index contributed by atoms with van der Waals surface area (Å²) in [5.74, 6) is 4.89. The first-order valence-corrected chi connectivity index (χ1v) is 4.61. The number of hydrogen-bond donors (Lipinski definition) is 2. The lowest BCUT2D eigenvalue weighted by Crippen LogP contribution is -2.05. The molecule has 0 radical (unpaired) electrons. The predicted octanol–water partition coefficient (Wildman–Crippen LogP) is 1.23. The second-order valence-corrected chi connectivity index (χ2v) is 2.92. The summed E-state index contributed by atoms with van der Waals surface area (Å²) >= 11 is 5.34. The average molecular weight is 205 g/mol. The summed E-state index contributed by atoms with van der Waals surface area (Å²) in [5, 5.41) is 17.3. The predicted molar refractivity (Wildman–Crippen MR) is 50.6 cm³/mol. The summed E-state index contributed by atoms with van der Waals surface area (Å²) in [6, 6.07) is 0. The van der Waals surface area contributed by atoms with Crippen LogP contribution in [0.5, 0.6) is 0 Å². The number of unbranched alkanes of at least 4 members (excludes halogenated alkanes) is 1. The normalized spacial score (nSPS) is 11.5. The van der Waals surface area contributed by atoms with Crippen LogP contribution >= 0.6 is 11.6 Å². The molecule has 13 heavy (non-hydrogen) atoms. The molecule has 0 aromatic rings. The number of halogens is 1. The number of aliphatic hydroxyl groups excluding tert-OH is 1. The summed E-state index contributed by atoms with van der Waals surface area (Å²) in [5.41, 5.74) is 0. The van der Waals surface area contributed by atoms with Crippen molar-refractivity contribution in [2.75, 3.05) is 5.88 Å². The van der Waals surface area contributed by atoms with Crippen molar-refractivity contribution >= 4 is 17.6 Å². The molecule has 0 saturated heterocycles. The Labute approximate surface area is 82.7 Å². The third-order valence-electron chi connectivity index (χ3n) is 1.33. The van der Waals surface area contributed by atoms with Crippen molar-refractivity contribution in [1.29, 1.82) is 0 Å². The fourth-order valence-corrected chi connectivity index (χ4v) is 0.770. The Morgan fingerprint density at radius 3 is 2.69 bits per heavy atom. The quantitative estimate of drug-likeness (QED) is 0.403. The largest absolute Gasteiger partial charge is 0.481 e. The first kappa shape index (κ1) is 12.3. The molecule has 0 saturated carbocycles. The minimum atomic E-state index is -0.803. The number of carbonyl (C=O) groups is 1.